The molecular weight excluding hydrogens is 290 g/mol. The van der Waals surface area contributed by atoms with Crippen molar-refractivity contribution in [1.82, 2.24) is 20.6 Å². The number of hydrogen-bond acceptors (Lipinski definition) is 5. The summed E-state index contributed by atoms with van der Waals surface area (Å²) < 4.78 is 0. The van der Waals surface area contributed by atoms with Crippen molar-refractivity contribution in [2.45, 2.75) is 33.9 Å². The van der Waals surface area contributed by atoms with E-state index in [4.69, 9.17) is 0 Å². The first-order valence-electron chi connectivity index (χ1n) is 6.37. The zero-order chi connectivity index (χ0) is 14.5. The van der Waals surface area contributed by atoms with Crippen LogP contribution in [0.25, 0.3) is 0 Å². The van der Waals surface area contributed by atoms with Gasteiger partial charge in [0.15, 0.2) is 5.96 Å². The largest absolute Gasteiger partial charge is 0.351 e. The number of aliphatic imine (C=N–C) groups is 1. The molecule has 0 radical (unpaired) electrons. The molecule has 2 aromatic rings. The normalized spacial score (nSPS) is 11.7. The van der Waals surface area contributed by atoms with E-state index in [-0.39, 0.29) is 0 Å². The van der Waals surface area contributed by atoms with Gasteiger partial charge >= 0.3 is 0 Å². The van der Waals surface area contributed by atoms with E-state index in [0.717, 1.165) is 28.2 Å². The molecule has 0 amide bonds. The molecule has 2 heterocycles. The third kappa shape index (κ3) is 4.01. The molecule has 5 nitrogen and oxygen atoms in total. The maximum atomic E-state index is 4.42. The lowest BCUT2D eigenvalue weighted by Gasteiger charge is -2.10. The molecule has 0 aliphatic rings. The Balaban J connectivity index is 1.85. The van der Waals surface area contributed by atoms with Gasteiger partial charge in [-0.3, -0.25) is 4.99 Å². The molecule has 0 saturated heterocycles. The van der Waals surface area contributed by atoms with Gasteiger partial charge in [-0.05, 0) is 20.8 Å². The van der Waals surface area contributed by atoms with Gasteiger partial charge in [0.05, 0.1) is 23.8 Å². The first kappa shape index (κ1) is 14.9. The molecular formula is C13H19N5S2. The molecule has 0 unspecified atom stereocenters. The maximum Gasteiger partial charge on any atom is 0.191 e. The number of nitrogens with one attached hydrogen (secondary N) is 2. The molecule has 0 bridgehead atoms. The number of aromatic nitrogens is 2. The second-order valence-electron chi connectivity index (χ2n) is 4.39. The van der Waals surface area contributed by atoms with E-state index < -0.39 is 0 Å². The van der Waals surface area contributed by atoms with Crippen LogP contribution >= 0.6 is 22.7 Å². The number of guanidine groups is 1. The zero-order valence-electron chi connectivity index (χ0n) is 12.1. The third-order valence-corrected chi connectivity index (χ3v) is 4.70. The maximum absolute atomic E-state index is 4.42. The molecule has 0 aromatic carbocycles. The van der Waals surface area contributed by atoms with Crippen LogP contribution in [0.5, 0.6) is 0 Å². The monoisotopic (exact) mass is 309 g/mol. The summed E-state index contributed by atoms with van der Waals surface area (Å²) in [4.78, 5) is 15.4. The standard InChI is InChI=1S/C13H19N5S2/c1-8-5-15-12(19-8)7-17-13(14-4)16-6-11-9(2)18-10(3)20-11/h5H,6-7H2,1-4H3,(H2,14,16,17). The highest BCUT2D eigenvalue weighted by Crippen LogP contribution is 2.16. The van der Waals surface area contributed by atoms with Crippen molar-refractivity contribution >= 4 is 28.6 Å². The predicted molar refractivity (Wildman–Crippen MR) is 85.5 cm³/mol. The van der Waals surface area contributed by atoms with Crippen LogP contribution in [0, 0.1) is 20.8 Å². The fourth-order valence-electron chi connectivity index (χ4n) is 1.76. The SMILES string of the molecule is CN=C(NCc1ncc(C)s1)NCc1sc(C)nc1C. The lowest BCUT2D eigenvalue weighted by atomic mass is 10.4. The fourth-order valence-corrected chi connectivity index (χ4v) is 3.37. The van der Waals surface area contributed by atoms with Crippen LogP contribution in [0.1, 0.15) is 25.5 Å². The van der Waals surface area contributed by atoms with Crippen molar-refractivity contribution in [3.05, 3.63) is 31.7 Å². The van der Waals surface area contributed by atoms with E-state index in [1.165, 1.54) is 9.75 Å². The molecule has 108 valence electrons. The van der Waals surface area contributed by atoms with Gasteiger partial charge in [-0.1, -0.05) is 0 Å². The molecule has 0 spiro atoms. The minimum atomic E-state index is 0.693. The van der Waals surface area contributed by atoms with Crippen molar-refractivity contribution in [2.75, 3.05) is 7.05 Å². The average molecular weight is 309 g/mol. The Hall–Kier alpha value is -1.47. The van der Waals surface area contributed by atoms with E-state index in [1.807, 2.05) is 20.0 Å². The Kier molecular flexibility index (Phi) is 5.08. The Bertz CT molecular complexity index is 600. The first-order chi connectivity index (χ1) is 9.58. The van der Waals surface area contributed by atoms with E-state index in [0.29, 0.717) is 6.54 Å². The topological polar surface area (TPSA) is 62.2 Å². The highest BCUT2D eigenvalue weighted by atomic mass is 32.1. The summed E-state index contributed by atoms with van der Waals surface area (Å²) in [5.41, 5.74) is 1.09. The second-order valence-corrected chi connectivity index (χ2v) is 6.99. The number of aryl methyl sites for hydroxylation is 3. The summed E-state index contributed by atoms with van der Waals surface area (Å²) in [5.74, 6) is 0.781. The van der Waals surface area contributed by atoms with Gasteiger partial charge in [0, 0.05) is 23.0 Å². The van der Waals surface area contributed by atoms with Crippen LogP contribution in [0.15, 0.2) is 11.2 Å². The Morgan fingerprint density at radius 2 is 1.95 bits per heavy atom. The van der Waals surface area contributed by atoms with E-state index >= 15 is 0 Å². The molecule has 7 heteroatoms. The van der Waals surface area contributed by atoms with Gasteiger partial charge in [-0.25, -0.2) is 9.97 Å². The summed E-state index contributed by atoms with van der Waals surface area (Å²) in [6.07, 6.45) is 1.89. The molecule has 20 heavy (non-hydrogen) atoms. The van der Waals surface area contributed by atoms with Crippen molar-refractivity contribution in [2.24, 2.45) is 4.99 Å². The molecule has 2 N–H and O–H groups in total. The van der Waals surface area contributed by atoms with Gasteiger partial charge in [-0.15, -0.1) is 22.7 Å². The smallest absolute Gasteiger partial charge is 0.191 e. The van der Waals surface area contributed by atoms with Crippen LogP contribution < -0.4 is 10.6 Å². The van der Waals surface area contributed by atoms with Gasteiger partial charge in [0.2, 0.25) is 0 Å². The molecule has 0 aliphatic carbocycles. The Morgan fingerprint density at radius 1 is 1.20 bits per heavy atom. The fraction of sp³-hybridized carbons (Fsp3) is 0.462. The average Bonchev–Trinajstić information content (AvgIpc) is 2.96. The lowest BCUT2D eigenvalue weighted by Crippen LogP contribution is -2.36. The van der Waals surface area contributed by atoms with E-state index in [1.54, 1.807) is 29.7 Å². The van der Waals surface area contributed by atoms with Crippen molar-refractivity contribution in [1.29, 1.82) is 0 Å². The zero-order valence-corrected chi connectivity index (χ0v) is 13.8. The number of hydrogen-bond donors (Lipinski definition) is 2. The van der Waals surface area contributed by atoms with Crippen molar-refractivity contribution in [3.8, 4) is 0 Å². The summed E-state index contributed by atoms with van der Waals surface area (Å²) in [7, 11) is 1.77. The van der Waals surface area contributed by atoms with Crippen LogP contribution in [0.3, 0.4) is 0 Å². The molecule has 2 rings (SSSR count). The van der Waals surface area contributed by atoms with E-state index in [9.17, 15) is 0 Å². The first-order valence-corrected chi connectivity index (χ1v) is 8.00. The number of rotatable bonds is 4. The van der Waals surface area contributed by atoms with Gasteiger partial charge in [0.25, 0.3) is 0 Å². The highest BCUT2D eigenvalue weighted by Gasteiger charge is 2.06. The second kappa shape index (κ2) is 6.81. The van der Waals surface area contributed by atoms with Gasteiger partial charge < -0.3 is 10.6 Å². The highest BCUT2D eigenvalue weighted by molar-refractivity contribution is 7.11. The number of thiazole rings is 2. The van der Waals surface area contributed by atoms with Gasteiger partial charge in [-0.2, -0.15) is 0 Å². The predicted octanol–water partition coefficient (Wildman–Crippen LogP) is 2.39. The summed E-state index contributed by atoms with van der Waals surface area (Å²) in [6.45, 7) is 7.56. The molecule has 2 aromatic heterocycles. The summed E-state index contributed by atoms with van der Waals surface area (Å²) >= 11 is 3.41. The summed E-state index contributed by atoms with van der Waals surface area (Å²) in [6, 6.07) is 0. The Labute approximate surface area is 127 Å². The van der Waals surface area contributed by atoms with Crippen LogP contribution in [0.2, 0.25) is 0 Å². The molecule has 0 saturated carbocycles. The van der Waals surface area contributed by atoms with E-state index in [2.05, 4.69) is 32.5 Å². The molecule has 0 aliphatic heterocycles. The molecule has 0 fully saturated rings. The molecule has 0 atom stereocenters. The summed E-state index contributed by atoms with van der Waals surface area (Å²) in [5, 5.41) is 8.73. The van der Waals surface area contributed by atoms with Crippen LogP contribution in [0.4, 0.5) is 0 Å². The van der Waals surface area contributed by atoms with Crippen LogP contribution in [-0.4, -0.2) is 23.0 Å². The quantitative estimate of drug-likeness (QED) is 0.672. The van der Waals surface area contributed by atoms with Gasteiger partial charge in [0.1, 0.15) is 5.01 Å². The third-order valence-electron chi connectivity index (χ3n) is 2.72. The Morgan fingerprint density at radius 3 is 2.50 bits per heavy atom. The minimum Gasteiger partial charge on any atom is -0.351 e. The lowest BCUT2D eigenvalue weighted by molar-refractivity contribution is 0.807. The van der Waals surface area contributed by atoms with Crippen LogP contribution in [-0.2, 0) is 13.1 Å². The van der Waals surface area contributed by atoms with Crippen molar-refractivity contribution < 1.29 is 0 Å². The minimum absolute atomic E-state index is 0.693. The van der Waals surface area contributed by atoms with Crippen molar-refractivity contribution in [3.63, 3.8) is 0 Å². The number of nitrogens with zero attached hydrogens (tertiary/aromatic N) is 3.